The van der Waals surface area contributed by atoms with E-state index < -0.39 is 76.5 Å². The number of rotatable bonds is 3. The smallest absolute Gasteiger partial charge is 0.352 e. The molecule has 184 valence electrons. The van der Waals surface area contributed by atoms with Gasteiger partial charge in [0.15, 0.2) is 18.1 Å². The van der Waals surface area contributed by atoms with Crippen molar-refractivity contribution in [2.24, 2.45) is 28.6 Å². The van der Waals surface area contributed by atoms with Crippen molar-refractivity contribution in [1.82, 2.24) is 0 Å². The first kappa shape index (κ1) is 24.5. The van der Waals surface area contributed by atoms with Crippen molar-refractivity contribution in [2.45, 2.75) is 70.5 Å². The number of aliphatic hydroxyl groups is 1. The largest absolute Gasteiger partial charge is 0.447 e. The zero-order valence-corrected chi connectivity index (χ0v) is 19.6. The number of nitriles is 1. The number of fused-ring (bicyclic) bond motifs is 5. The lowest BCUT2D eigenvalue weighted by atomic mass is 9.44. The van der Waals surface area contributed by atoms with Crippen LogP contribution in [0.25, 0.3) is 0 Å². The minimum Gasteiger partial charge on any atom is -0.447 e. The second kappa shape index (κ2) is 7.70. The molecule has 0 heterocycles. The van der Waals surface area contributed by atoms with Crippen LogP contribution in [0.2, 0.25) is 0 Å². The van der Waals surface area contributed by atoms with Gasteiger partial charge in [-0.25, -0.2) is 13.6 Å². The normalized spacial score (nSPS) is 46.9. The van der Waals surface area contributed by atoms with Gasteiger partial charge >= 0.3 is 11.9 Å². The molecule has 4 rings (SSSR count). The molecule has 0 aliphatic heterocycles. The van der Waals surface area contributed by atoms with Crippen molar-refractivity contribution >= 4 is 17.7 Å². The molecule has 0 aromatic rings. The summed E-state index contributed by atoms with van der Waals surface area (Å²) in [5.41, 5.74) is -7.01. The molecule has 0 radical (unpaired) electrons. The predicted molar refractivity (Wildman–Crippen MR) is 114 cm³/mol. The van der Waals surface area contributed by atoms with Gasteiger partial charge in [-0.1, -0.05) is 19.9 Å². The quantitative estimate of drug-likeness (QED) is 0.622. The first-order chi connectivity index (χ1) is 15.8. The Hall–Kier alpha value is -2.60. The number of ether oxygens (including phenoxy) is 2. The fraction of sp³-hybridized carbons (Fsp3) is 0.680. The van der Waals surface area contributed by atoms with E-state index in [2.05, 4.69) is 0 Å². The van der Waals surface area contributed by atoms with E-state index in [1.165, 1.54) is 19.1 Å². The van der Waals surface area contributed by atoms with Crippen LogP contribution in [-0.2, 0) is 23.9 Å². The number of nitrogens with zero attached hydrogens (tertiary/aromatic N) is 1. The van der Waals surface area contributed by atoms with Crippen molar-refractivity contribution in [3.8, 4) is 6.07 Å². The third kappa shape index (κ3) is 2.84. The van der Waals surface area contributed by atoms with Crippen molar-refractivity contribution in [1.29, 1.82) is 5.26 Å². The molecule has 1 N–H and O–H groups in total. The number of esters is 2. The zero-order valence-electron chi connectivity index (χ0n) is 19.6. The second-order valence-electron chi connectivity index (χ2n) is 10.6. The van der Waals surface area contributed by atoms with Crippen molar-refractivity contribution in [2.75, 3.05) is 6.61 Å². The fourth-order valence-electron chi connectivity index (χ4n) is 7.65. The van der Waals surface area contributed by atoms with Crippen molar-refractivity contribution in [3.63, 3.8) is 0 Å². The molecule has 3 fully saturated rings. The van der Waals surface area contributed by atoms with E-state index >= 15 is 8.78 Å². The van der Waals surface area contributed by atoms with E-state index in [-0.39, 0.29) is 24.8 Å². The number of aliphatic hydroxyl groups excluding tert-OH is 1. The summed E-state index contributed by atoms with van der Waals surface area (Å²) < 4.78 is 43.5. The van der Waals surface area contributed by atoms with Crippen LogP contribution < -0.4 is 0 Å². The van der Waals surface area contributed by atoms with Crippen LogP contribution in [0.5, 0.6) is 0 Å². The van der Waals surface area contributed by atoms with Gasteiger partial charge in [0, 0.05) is 29.6 Å². The summed E-state index contributed by atoms with van der Waals surface area (Å²) in [5, 5.41) is 20.3. The summed E-state index contributed by atoms with van der Waals surface area (Å²) in [6, 6.07) is 1.71. The Morgan fingerprint density at radius 1 is 1.29 bits per heavy atom. The number of carbonyl (C=O) groups excluding carboxylic acids is 3. The number of ketones is 1. The van der Waals surface area contributed by atoms with Gasteiger partial charge in [0.25, 0.3) is 0 Å². The Bertz CT molecular complexity index is 1050. The Kier molecular flexibility index (Phi) is 5.56. The molecule has 0 unspecified atom stereocenters. The van der Waals surface area contributed by atoms with E-state index in [4.69, 9.17) is 14.7 Å². The van der Waals surface area contributed by atoms with Crippen LogP contribution in [0.15, 0.2) is 23.8 Å². The van der Waals surface area contributed by atoms with Crippen molar-refractivity contribution < 1.29 is 37.7 Å². The van der Waals surface area contributed by atoms with E-state index in [0.29, 0.717) is 0 Å². The van der Waals surface area contributed by atoms with Crippen LogP contribution in [0.3, 0.4) is 0 Å². The average Bonchev–Trinajstić information content (AvgIpc) is 2.97. The van der Waals surface area contributed by atoms with E-state index in [0.717, 1.165) is 13.0 Å². The molecular weight excluding hydrogens is 448 g/mol. The highest BCUT2D eigenvalue weighted by molar-refractivity contribution is 6.01. The number of alkyl halides is 2. The third-order valence-corrected chi connectivity index (χ3v) is 9.04. The highest BCUT2D eigenvalue weighted by Gasteiger charge is 2.78. The van der Waals surface area contributed by atoms with Crippen LogP contribution in [0.1, 0.15) is 47.0 Å². The molecule has 4 aliphatic rings. The fourth-order valence-corrected chi connectivity index (χ4v) is 7.65. The lowest BCUT2D eigenvalue weighted by Crippen LogP contribution is -2.71. The van der Waals surface area contributed by atoms with Crippen molar-refractivity contribution in [3.05, 3.63) is 23.8 Å². The molecule has 0 aromatic carbocycles. The molecule has 9 heteroatoms. The number of carbonyl (C=O) groups is 3. The minimum absolute atomic E-state index is 0.00660. The van der Waals surface area contributed by atoms with Gasteiger partial charge in [-0.05, 0) is 49.8 Å². The van der Waals surface area contributed by atoms with Gasteiger partial charge in [0.1, 0.15) is 12.2 Å². The Balaban J connectivity index is 1.87. The summed E-state index contributed by atoms with van der Waals surface area (Å²) in [6.45, 7) is 5.38. The van der Waals surface area contributed by atoms with Gasteiger partial charge in [0.2, 0.25) is 5.60 Å². The Morgan fingerprint density at radius 2 is 1.97 bits per heavy atom. The lowest BCUT2D eigenvalue weighted by Gasteiger charge is -2.63. The second-order valence-corrected chi connectivity index (χ2v) is 10.6. The maximum absolute atomic E-state index is 17.2. The topological polar surface area (TPSA) is 114 Å². The monoisotopic (exact) mass is 477 g/mol. The molecular formula is C25H29F2NO6. The number of allylic oxidation sites excluding steroid dienone is 4. The summed E-state index contributed by atoms with van der Waals surface area (Å²) in [7, 11) is 0. The highest BCUT2D eigenvalue weighted by atomic mass is 19.1. The molecule has 3 saturated carbocycles. The van der Waals surface area contributed by atoms with Gasteiger partial charge in [-0.15, -0.1) is 0 Å². The van der Waals surface area contributed by atoms with Crippen LogP contribution in [0, 0.1) is 39.9 Å². The lowest BCUT2D eigenvalue weighted by molar-refractivity contribution is -0.238. The molecule has 0 spiro atoms. The van der Waals surface area contributed by atoms with Gasteiger partial charge in [-0.2, -0.15) is 5.26 Å². The molecule has 0 amide bonds. The summed E-state index contributed by atoms with van der Waals surface area (Å²) in [5.74, 6) is -4.43. The molecule has 9 atom stereocenters. The van der Waals surface area contributed by atoms with Crippen LogP contribution in [0.4, 0.5) is 8.78 Å². The van der Waals surface area contributed by atoms with E-state index in [1.807, 2.05) is 0 Å². The SMILES string of the molecule is CC(=O)O[C@]1(C(=O)OCC#N)[C@H](C)C[C@H]2[C@@H]3C[C@H](F)C4=CC(=O)C=C[C@]4(C)[C@@]3(F)[C@@H](O)C[C@@]21C. The van der Waals surface area contributed by atoms with Gasteiger partial charge in [-0.3, -0.25) is 9.59 Å². The summed E-state index contributed by atoms with van der Waals surface area (Å²) >= 11 is 0. The number of halogens is 2. The maximum atomic E-state index is 17.2. The molecule has 0 aromatic heterocycles. The minimum atomic E-state index is -2.31. The molecule has 0 bridgehead atoms. The Morgan fingerprint density at radius 3 is 2.59 bits per heavy atom. The zero-order chi connectivity index (χ0) is 25.3. The van der Waals surface area contributed by atoms with Gasteiger partial charge in [0.05, 0.1) is 6.10 Å². The summed E-state index contributed by atoms with van der Waals surface area (Å²) in [4.78, 5) is 37.4. The third-order valence-electron chi connectivity index (χ3n) is 9.04. The predicted octanol–water partition coefficient (Wildman–Crippen LogP) is 2.92. The van der Waals surface area contributed by atoms with Crippen LogP contribution >= 0.6 is 0 Å². The Labute approximate surface area is 196 Å². The number of hydrogen-bond donors (Lipinski definition) is 1. The first-order valence-electron chi connectivity index (χ1n) is 11.5. The summed E-state index contributed by atoms with van der Waals surface area (Å²) in [6.07, 6.45) is 0.0571. The molecule has 7 nitrogen and oxygen atoms in total. The van der Waals surface area contributed by atoms with E-state index in [1.54, 1.807) is 19.9 Å². The van der Waals surface area contributed by atoms with Gasteiger partial charge < -0.3 is 14.6 Å². The average molecular weight is 478 g/mol. The standard InChI is InChI=1S/C25H29F2NO6/c1-13-9-16-17-11-19(26)18-10-15(30)5-6-22(18,3)24(17,27)20(31)12-23(16,4)25(13,34-14(2)29)21(32)33-8-7-28/h5-6,10,13,16-17,19-20,31H,8-9,11-12H2,1-4H3/t13-,16+,17+,19+,20+,22+,23+,24+,25+/m1/s1. The van der Waals surface area contributed by atoms with E-state index in [9.17, 15) is 19.5 Å². The van der Waals surface area contributed by atoms with Crippen LogP contribution in [-0.4, -0.2) is 53.0 Å². The molecule has 34 heavy (non-hydrogen) atoms. The maximum Gasteiger partial charge on any atom is 0.352 e. The molecule has 4 aliphatic carbocycles. The first-order valence-corrected chi connectivity index (χ1v) is 11.5. The molecule has 0 saturated heterocycles. The highest BCUT2D eigenvalue weighted by Crippen LogP contribution is 2.71. The number of hydrogen-bond acceptors (Lipinski definition) is 7.